The molecule has 2 atom stereocenters. The lowest BCUT2D eigenvalue weighted by atomic mass is 9.63. The van der Waals surface area contributed by atoms with Crippen LogP contribution in [-0.4, -0.2) is 33.9 Å². The predicted molar refractivity (Wildman–Crippen MR) is 97.4 cm³/mol. The van der Waals surface area contributed by atoms with Crippen molar-refractivity contribution in [3.63, 3.8) is 0 Å². The molecule has 4 nitrogen and oxygen atoms in total. The van der Waals surface area contributed by atoms with Gasteiger partial charge >= 0.3 is 0 Å². The normalized spacial score (nSPS) is 32.4. The van der Waals surface area contributed by atoms with Crippen molar-refractivity contribution >= 4 is 16.9 Å². The van der Waals surface area contributed by atoms with Gasteiger partial charge in [-0.2, -0.15) is 0 Å². The fourth-order valence-corrected chi connectivity index (χ4v) is 5.71. The van der Waals surface area contributed by atoms with Crippen molar-refractivity contribution in [3.8, 4) is 0 Å². The summed E-state index contributed by atoms with van der Waals surface area (Å²) >= 11 is 0. The molecule has 2 heterocycles. The van der Waals surface area contributed by atoms with E-state index in [1.54, 1.807) is 0 Å². The van der Waals surface area contributed by atoms with E-state index in [9.17, 15) is 4.79 Å². The molecule has 4 heteroatoms. The van der Waals surface area contributed by atoms with Gasteiger partial charge in [0, 0.05) is 18.5 Å². The number of carbonyl (C=O) groups excluding carboxylic acids is 1. The summed E-state index contributed by atoms with van der Waals surface area (Å²) in [6, 6.07) is 8.05. The molecule has 25 heavy (non-hydrogen) atoms. The first-order chi connectivity index (χ1) is 11.9. The minimum absolute atomic E-state index is 0.0885. The maximum atomic E-state index is 13.7. The van der Waals surface area contributed by atoms with Crippen LogP contribution in [0, 0.1) is 5.41 Å². The SMILES string of the molecule is CC1(C)[C@]2(C(=O)N3CCCC3)CC[C@]1(C)c1nc3ccccc3nc12. The van der Waals surface area contributed by atoms with E-state index in [2.05, 4.69) is 25.7 Å². The van der Waals surface area contributed by atoms with E-state index >= 15 is 0 Å². The molecule has 2 bridgehead atoms. The van der Waals surface area contributed by atoms with Crippen LogP contribution < -0.4 is 0 Å². The summed E-state index contributed by atoms with van der Waals surface area (Å²) in [6.07, 6.45) is 4.15. The lowest BCUT2D eigenvalue weighted by Gasteiger charge is -2.41. The molecule has 1 saturated heterocycles. The van der Waals surface area contributed by atoms with E-state index < -0.39 is 5.41 Å². The average molecular weight is 335 g/mol. The molecule has 2 fully saturated rings. The van der Waals surface area contributed by atoms with E-state index in [0.29, 0.717) is 5.91 Å². The Hall–Kier alpha value is -1.97. The van der Waals surface area contributed by atoms with E-state index in [1.807, 2.05) is 24.3 Å². The minimum Gasteiger partial charge on any atom is -0.342 e. The fraction of sp³-hybridized carbons (Fsp3) is 0.571. The maximum Gasteiger partial charge on any atom is 0.235 e. The van der Waals surface area contributed by atoms with Crippen molar-refractivity contribution in [1.82, 2.24) is 14.9 Å². The molecule has 2 aromatic rings. The number of fused-ring (bicyclic) bond motifs is 6. The maximum absolute atomic E-state index is 13.7. The Morgan fingerprint density at radius 3 is 2.20 bits per heavy atom. The van der Waals surface area contributed by atoms with Gasteiger partial charge in [0.1, 0.15) is 0 Å². The summed E-state index contributed by atoms with van der Waals surface area (Å²) in [6.45, 7) is 8.61. The summed E-state index contributed by atoms with van der Waals surface area (Å²) in [7, 11) is 0. The number of nitrogens with zero attached hydrogens (tertiary/aromatic N) is 3. The number of hydrogen-bond donors (Lipinski definition) is 0. The molecule has 1 aromatic carbocycles. The van der Waals surface area contributed by atoms with Crippen LogP contribution in [0.2, 0.25) is 0 Å². The number of hydrogen-bond acceptors (Lipinski definition) is 3. The molecule has 1 aliphatic heterocycles. The number of aromatic nitrogens is 2. The number of para-hydroxylation sites is 2. The Kier molecular flexibility index (Phi) is 2.81. The van der Waals surface area contributed by atoms with Crippen molar-refractivity contribution in [2.24, 2.45) is 5.41 Å². The van der Waals surface area contributed by atoms with Crippen molar-refractivity contribution in [1.29, 1.82) is 0 Å². The van der Waals surface area contributed by atoms with Gasteiger partial charge in [-0.25, -0.2) is 9.97 Å². The highest BCUT2D eigenvalue weighted by Crippen LogP contribution is 2.70. The van der Waals surface area contributed by atoms with Crippen molar-refractivity contribution in [2.45, 2.75) is 57.3 Å². The smallest absolute Gasteiger partial charge is 0.235 e. The monoisotopic (exact) mass is 335 g/mol. The zero-order chi connectivity index (χ0) is 17.4. The molecule has 3 aliphatic rings. The van der Waals surface area contributed by atoms with E-state index in [-0.39, 0.29) is 10.8 Å². The first-order valence-electron chi connectivity index (χ1n) is 9.49. The molecule has 0 N–H and O–H groups in total. The Morgan fingerprint density at radius 2 is 1.56 bits per heavy atom. The largest absolute Gasteiger partial charge is 0.342 e. The van der Waals surface area contributed by atoms with Crippen LogP contribution in [0.25, 0.3) is 11.0 Å². The van der Waals surface area contributed by atoms with Gasteiger partial charge in [-0.1, -0.05) is 32.9 Å². The lowest BCUT2D eigenvalue weighted by Crippen LogP contribution is -2.52. The van der Waals surface area contributed by atoms with Gasteiger partial charge in [0.15, 0.2) is 0 Å². The van der Waals surface area contributed by atoms with E-state index in [0.717, 1.165) is 61.2 Å². The van der Waals surface area contributed by atoms with Crippen LogP contribution in [-0.2, 0) is 15.6 Å². The van der Waals surface area contributed by atoms with E-state index in [4.69, 9.17) is 9.97 Å². The number of amides is 1. The van der Waals surface area contributed by atoms with Gasteiger partial charge in [-0.05, 0) is 43.2 Å². The topological polar surface area (TPSA) is 46.1 Å². The second-order valence-electron chi connectivity index (χ2n) is 8.77. The molecule has 5 rings (SSSR count). The molecule has 0 unspecified atom stereocenters. The molecule has 130 valence electrons. The van der Waals surface area contributed by atoms with Crippen LogP contribution in [0.5, 0.6) is 0 Å². The van der Waals surface area contributed by atoms with Crippen molar-refractivity contribution in [2.75, 3.05) is 13.1 Å². The van der Waals surface area contributed by atoms with Crippen LogP contribution in [0.4, 0.5) is 0 Å². The highest BCUT2D eigenvalue weighted by molar-refractivity contribution is 5.93. The second kappa shape index (κ2) is 4.60. The lowest BCUT2D eigenvalue weighted by molar-refractivity contribution is -0.140. The van der Waals surface area contributed by atoms with Gasteiger partial charge < -0.3 is 4.90 Å². The third kappa shape index (κ3) is 1.57. The Bertz CT molecular complexity index is 899. The quantitative estimate of drug-likeness (QED) is 0.800. The molecular formula is C21H25N3O. The zero-order valence-electron chi connectivity index (χ0n) is 15.3. The number of likely N-dealkylation sites (tertiary alicyclic amines) is 1. The van der Waals surface area contributed by atoms with Gasteiger partial charge in [-0.15, -0.1) is 0 Å². The first-order valence-corrected chi connectivity index (χ1v) is 9.49. The molecule has 0 spiro atoms. The molecule has 0 radical (unpaired) electrons. The standard InChI is InChI=1S/C21H25N3O/c1-19(2)20(3)10-11-21(19,18(25)24-12-6-7-13-24)17-16(20)22-14-8-4-5-9-15(14)23-17/h4-5,8-9H,6-7,10-13H2,1-3H3/t20-,21-/m1/s1. The van der Waals surface area contributed by atoms with E-state index in [1.165, 1.54) is 0 Å². The molecule has 2 aliphatic carbocycles. The number of carbonyl (C=O) groups is 1. The highest BCUT2D eigenvalue weighted by atomic mass is 16.2. The van der Waals surface area contributed by atoms with Gasteiger partial charge in [0.25, 0.3) is 0 Å². The molecule has 1 amide bonds. The average Bonchev–Trinajstić information content (AvgIpc) is 3.24. The fourth-order valence-electron chi connectivity index (χ4n) is 5.71. The molecular weight excluding hydrogens is 310 g/mol. The summed E-state index contributed by atoms with van der Waals surface area (Å²) in [5.41, 5.74) is 3.10. The Labute approximate surface area is 148 Å². The van der Waals surface area contributed by atoms with Gasteiger partial charge in [-0.3, -0.25) is 4.79 Å². The summed E-state index contributed by atoms with van der Waals surface area (Å²) in [5, 5.41) is 0. The summed E-state index contributed by atoms with van der Waals surface area (Å²) in [4.78, 5) is 25.9. The van der Waals surface area contributed by atoms with Crippen LogP contribution >= 0.6 is 0 Å². The zero-order valence-corrected chi connectivity index (χ0v) is 15.3. The molecule has 1 aromatic heterocycles. The Balaban J connectivity index is 1.79. The summed E-state index contributed by atoms with van der Waals surface area (Å²) < 4.78 is 0. The highest BCUT2D eigenvalue weighted by Gasteiger charge is 2.73. The summed E-state index contributed by atoms with van der Waals surface area (Å²) in [5.74, 6) is 0.294. The van der Waals surface area contributed by atoms with Crippen LogP contribution in [0.3, 0.4) is 0 Å². The second-order valence-corrected chi connectivity index (χ2v) is 8.77. The first kappa shape index (κ1) is 15.3. The third-order valence-electron chi connectivity index (χ3n) is 7.70. The molecule has 1 saturated carbocycles. The van der Waals surface area contributed by atoms with Crippen LogP contribution in [0.15, 0.2) is 24.3 Å². The van der Waals surface area contributed by atoms with Crippen LogP contribution in [0.1, 0.15) is 57.8 Å². The predicted octanol–water partition coefficient (Wildman–Crippen LogP) is 3.58. The van der Waals surface area contributed by atoms with Crippen molar-refractivity contribution < 1.29 is 4.79 Å². The van der Waals surface area contributed by atoms with Gasteiger partial charge in [0.05, 0.1) is 27.8 Å². The van der Waals surface area contributed by atoms with Crippen molar-refractivity contribution in [3.05, 3.63) is 35.7 Å². The Morgan fingerprint density at radius 1 is 0.960 bits per heavy atom. The number of benzene rings is 1. The minimum atomic E-state index is -0.515. The van der Waals surface area contributed by atoms with Gasteiger partial charge in [0.2, 0.25) is 5.91 Å². The third-order valence-corrected chi connectivity index (χ3v) is 7.70. The number of rotatable bonds is 1.